The molecule has 1 N–H and O–H groups in total. The third kappa shape index (κ3) is 6.97. The molecular weight excluding hydrogens is 464 g/mol. The van der Waals surface area contributed by atoms with Crippen LogP contribution in [-0.2, 0) is 4.79 Å². The van der Waals surface area contributed by atoms with Crippen molar-refractivity contribution in [1.29, 1.82) is 0 Å². The fraction of sp³-hybridized carbons (Fsp3) is 0.0870. The van der Waals surface area contributed by atoms with Crippen LogP contribution in [0.15, 0.2) is 82.4 Å². The van der Waals surface area contributed by atoms with Crippen LogP contribution in [0.5, 0.6) is 17.2 Å². The molecule has 0 aliphatic carbocycles. The highest BCUT2D eigenvalue weighted by atomic mass is 79.9. The third-order valence-corrected chi connectivity index (χ3v) is 4.53. The Bertz CT molecular complexity index is 1050. The van der Waals surface area contributed by atoms with Gasteiger partial charge in [0.2, 0.25) is 0 Å². The largest absolute Gasteiger partial charge is 0.497 e. The van der Waals surface area contributed by atoms with Crippen molar-refractivity contribution in [2.75, 3.05) is 13.7 Å². The van der Waals surface area contributed by atoms with Gasteiger partial charge in [0.25, 0.3) is 5.91 Å². The van der Waals surface area contributed by atoms with E-state index in [4.69, 9.17) is 14.2 Å². The smallest absolute Gasteiger partial charge is 0.343 e. The van der Waals surface area contributed by atoms with Crippen LogP contribution in [0.3, 0.4) is 0 Å². The molecule has 3 aromatic carbocycles. The Labute approximate surface area is 187 Å². The average Bonchev–Trinajstić information content (AvgIpc) is 2.79. The van der Waals surface area contributed by atoms with E-state index in [-0.39, 0.29) is 6.61 Å². The van der Waals surface area contributed by atoms with Crippen molar-refractivity contribution in [2.24, 2.45) is 5.10 Å². The van der Waals surface area contributed by atoms with Crippen molar-refractivity contribution in [2.45, 2.75) is 0 Å². The van der Waals surface area contributed by atoms with Crippen molar-refractivity contribution >= 4 is 34.0 Å². The lowest BCUT2D eigenvalue weighted by Crippen LogP contribution is -2.24. The molecule has 0 aliphatic heterocycles. The predicted molar refractivity (Wildman–Crippen MR) is 120 cm³/mol. The van der Waals surface area contributed by atoms with E-state index >= 15 is 0 Å². The first-order valence-electron chi connectivity index (χ1n) is 9.20. The van der Waals surface area contributed by atoms with Crippen molar-refractivity contribution < 1.29 is 23.8 Å². The van der Waals surface area contributed by atoms with Gasteiger partial charge in [-0.05, 0) is 78.4 Å². The summed E-state index contributed by atoms with van der Waals surface area (Å²) in [4.78, 5) is 23.9. The second-order valence-corrected chi connectivity index (χ2v) is 7.14. The predicted octanol–water partition coefficient (Wildman–Crippen LogP) is 4.21. The van der Waals surface area contributed by atoms with Gasteiger partial charge >= 0.3 is 5.97 Å². The minimum Gasteiger partial charge on any atom is -0.497 e. The average molecular weight is 483 g/mol. The number of ether oxygens (including phenoxy) is 3. The molecular formula is C23H19BrN2O5. The summed E-state index contributed by atoms with van der Waals surface area (Å²) in [5.74, 6) is 0.816. The maximum Gasteiger partial charge on any atom is 0.343 e. The van der Waals surface area contributed by atoms with Gasteiger partial charge in [0.1, 0.15) is 17.2 Å². The number of hydrogen-bond donors (Lipinski definition) is 1. The third-order valence-electron chi connectivity index (χ3n) is 4.00. The van der Waals surface area contributed by atoms with Gasteiger partial charge < -0.3 is 14.2 Å². The topological polar surface area (TPSA) is 86.2 Å². The first kappa shape index (κ1) is 22.0. The van der Waals surface area contributed by atoms with Crippen molar-refractivity contribution in [3.8, 4) is 17.2 Å². The van der Waals surface area contributed by atoms with Crippen LogP contribution in [0.1, 0.15) is 15.9 Å². The van der Waals surface area contributed by atoms with E-state index in [0.717, 1.165) is 10.0 Å². The van der Waals surface area contributed by atoms with E-state index in [9.17, 15) is 9.59 Å². The van der Waals surface area contributed by atoms with Gasteiger partial charge in [-0.2, -0.15) is 5.10 Å². The highest BCUT2D eigenvalue weighted by Crippen LogP contribution is 2.17. The van der Waals surface area contributed by atoms with Crippen LogP contribution in [0.2, 0.25) is 0 Å². The quantitative estimate of drug-likeness (QED) is 0.225. The molecule has 0 saturated carbocycles. The number of hydrazone groups is 1. The molecule has 0 spiro atoms. The maximum atomic E-state index is 12.1. The second kappa shape index (κ2) is 10.9. The van der Waals surface area contributed by atoms with Crippen molar-refractivity contribution in [3.05, 3.63) is 88.4 Å². The first-order valence-corrected chi connectivity index (χ1v) is 9.99. The fourth-order valence-corrected chi connectivity index (χ4v) is 2.67. The minimum absolute atomic E-state index is 0.172. The number of carbonyl (C=O) groups excluding carboxylic acids is 2. The highest BCUT2D eigenvalue weighted by Gasteiger charge is 2.08. The summed E-state index contributed by atoms with van der Waals surface area (Å²) in [5.41, 5.74) is 3.56. The van der Waals surface area contributed by atoms with E-state index < -0.39 is 11.9 Å². The van der Waals surface area contributed by atoms with Crippen LogP contribution < -0.4 is 19.6 Å². The Balaban J connectivity index is 1.44. The monoisotopic (exact) mass is 482 g/mol. The lowest BCUT2D eigenvalue weighted by Gasteiger charge is -2.06. The zero-order chi connectivity index (χ0) is 22.1. The standard InChI is InChI=1S/C23H19BrN2O5/c1-29-19-10-12-20(13-11-19)30-15-22(27)26-25-14-16-2-8-21(9-3-16)31-23(28)17-4-6-18(24)7-5-17/h2-14H,15H2,1H3,(H,26,27). The van der Waals surface area contributed by atoms with E-state index in [1.54, 1.807) is 79.9 Å². The van der Waals surface area contributed by atoms with Gasteiger partial charge in [-0.25, -0.2) is 10.2 Å². The lowest BCUT2D eigenvalue weighted by atomic mass is 10.2. The number of methoxy groups -OCH3 is 1. The number of benzene rings is 3. The van der Waals surface area contributed by atoms with E-state index in [1.807, 2.05) is 0 Å². The molecule has 0 bridgehead atoms. The number of nitrogens with zero attached hydrogens (tertiary/aromatic N) is 1. The Kier molecular flexibility index (Phi) is 7.78. The number of amides is 1. The summed E-state index contributed by atoms with van der Waals surface area (Å²) >= 11 is 3.32. The molecule has 158 valence electrons. The molecule has 0 unspecified atom stereocenters. The summed E-state index contributed by atoms with van der Waals surface area (Å²) in [6.45, 7) is -0.172. The molecule has 1 amide bonds. The highest BCUT2D eigenvalue weighted by molar-refractivity contribution is 9.10. The summed E-state index contributed by atoms with van der Waals surface area (Å²) in [5, 5.41) is 3.89. The van der Waals surface area contributed by atoms with Gasteiger partial charge in [-0.15, -0.1) is 0 Å². The van der Waals surface area contributed by atoms with E-state index in [0.29, 0.717) is 22.8 Å². The van der Waals surface area contributed by atoms with Gasteiger partial charge in [0, 0.05) is 4.47 Å². The SMILES string of the molecule is COc1ccc(OCC(=O)NN=Cc2ccc(OC(=O)c3ccc(Br)cc3)cc2)cc1. The van der Waals surface area contributed by atoms with E-state index in [2.05, 4.69) is 26.5 Å². The van der Waals surface area contributed by atoms with Crippen molar-refractivity contribution in [1.82, 2.24) is 5.43 Å². The molecule has 8 heteroatoms. The van der Waals surface area contributed by atoms with Crippen LogP contribution in [0, 0.1) is 0 Å². The van der Waals surface area contributed by atoms with E-state index in [1.165, 1.54) is 6.21 Å². The molecule has 0 aliphatic rings. The zero-order valence-electron chi connectivity index (χ0n) is 16.6. The molecule has 31 heavy (non-hydrogen) atoms. The molecule has 0 fully saturated rings. The fourth-order valence-electron chi connectivity index (χ4n) is 2.41. The molecule has 3 aromatic rings. The van der Waals surface area contributed by atoms with Crippen molar-refractivity contribution in [3.63, 3.8) is 0 Å². The molecule has 0 atom stereocenters. The Morgan fingerprint density at radius 2 is 1.52 bits per heavy atom. The normalized spacial score (nSPS) is 10.5. The lowest BCUT2D eigenvalue weighted by molar-refractivity contribution is -0.123. The molecule has 3 rings (SSSR count). The van der Waals surface area contributed by atoms with Crippen LogP contribution >= 0.6 is 15.9 Å². The van der Waals surface area contributed by atoms with Gasteiger partial charge in [-0.3, -0.25) is 4.79 Å². The molecule has 0 aromatic heterocycles. The van der Waals surface area contributed by atoms with Crippen LogP contribution in [0.25, 0.3) is 0 Å². The molecule has 0 radical (unpaired) electrons. The number of hydrogen-bond acceptors (Lipinski definition) is 6. The Hall–Kier alpha value is -3.65. The summed E-state index contributed by atoms with van der Waals surface area (Å²) in [6, 6.07) is 20.5. The summed E-state index contributed by atoms with van der Waals surface area (Å²) in [7, 11) is 1.57. The summed E-state index contributed by atoms with van der Waals surface area (Å²) < 4.78 is 16.6. The number of halogens is 1. The van der Waals surface area contributed by atoms with Gasteiger partial charge in [0.15, 0.2) is 6.61 Å². The Morgan fingerprint density at radius 3 is 2.16 bits per heavy atom. The first-order chi connectivity index (χ1) is 15.0. The van der Waals surface area contributed by atoms with Gasteiger partial charge in [-0.1, -0.05) is 15.9 Å². The van der Waals surface area contributed by atoms with Crippen LogP contribution in [-0.4, -0.2) is 31.8 Å². The molecule has 0 heterocycles. The van der Waals surface area contributed by atoms with Crippen LogP contribution in [0.4, 0.5) is 0 Å². The molecule has 7 nitrogen and oxygen atoms in total. The Morgan fingerprint density at radius 1 is 0.903 bits per heavy atom. The number of rotatable bonds is 8. The minimum atomic E-state index is -0.446. The number of esters is 1. The number of carbonyl (C=O) groups is 2. The summed E-state index contributed by atoms with van der Waals surface area (Å²) in [6.07, 6.45) is 1.48. The molecule has 0 saturated heterocycles. The number of nitrogens with one attached hydrogen (secondary N) is 1. The second-order valence-electron chi connectivity index (χ2n) is 6.22. The van der Waals surface area contributed by atoms with Gasteiger partial charge in [0.05, 0.1) is 18.9 Å². The zero-order valence-corrected chi connectivity index (χ0v) is 18.2. The maximum absolute atomic E-state index is 12.1.